The summed E-state index contributed by atoms with van der Waals surface area (Å²) in [5.41, 5.74) is 0.951. The van der Waals surface area contributed by atoms with E-state index in [1.54, 1.807) is 44.2 Å². The molecule has 0 aliphatic carbocycles. The fourth-order valence-electron chi connectivity index (χ4n) is 4.84. The zero-order chi connectivity index (χ0) is 31.2. The minimum Gasteiger partial charge on any atom is -0.444 e. The standard InChI is InChI=1S/C32H41N5O6/c1-31(2,3)43-30(41)33-32(4,5)29(40)36(22-42-21-24-14-10-7-11-15-24)20-27(38)35-17-16-26-25(19-35)28(39)37(34-26)18-23-12-8-6-9-13-23/h6-15,34H,16-22H2,1-5H3,(H,33,41). The molecule has 2 N–H and O–H groups in total. The van der Waals surface area contributed by atoms with E-state index in [1.807, 2.05) is 60.7 Å². The third kappa shape index (κ3) is 8.57. The lowest BCUT2D eigenvalue weighted by molar-refractivity contribution is -0.150. The van der Waals surface area contributed by atoms with E-state index in [0.717, 1.165) is 16.8 Å². The second kappa shape index (κ2) is 13.3. The van der Waals surface area contributed by atoms with Gasteiger partial charge in [0.2, 0.25) is 11.8 Å². The maximum absolute atomic E-state index is 13.7. The number of nitrogens with zero attached hydrogens (tertiary/aromatic N) is 3. The van der Waals surface area contributed by atoms with Gasteiger partial charge in [0.15, 0.2) is 0 Å². The molecule has 1 aliphatic heterocycles. The number of aromatic nitrogens is 2. The normalized spacial score (nSPS) is 13.3. The number of nitrogens with one attached hydrogen (secondary N) is 2. The summed E-state index contributed by atoms with van der Waals surface area (Å²) >= 11 is 0. The average molecular weight is 592 g/mol. The molecule has 4 rings (SSSR count). The van der Waals surface area contributed by atoms with E-state index in [-0.39, 0.29) is 37.9 Å². The Balaban J connectivity index is 1.46. The number of hydrogen-bond donors (Lipinski definition) is 2. The van der Waals surface area contributed by atoms with Crippen LogP contribution in [0.4, 0.5) is 4.79 Å². The number of carbonyl (C=O) groups excluding carboxylic acids is 3. The van der Waals surface area contributed by atoms with Crippen molar-refractivity contribution in [3.05, 3.63) is 93.4 Å². The van der Waals surface area contributed by atoms with Gasteiger partial charge in [-0.3, -0.25) is 19.5 Å². The van der Waals surface area contributed by atoms with Crippen molar-refractivity contribution in [1.29, 1.82) is 0 Å². The summed E-state index contributed by atoms with van der Waals surface area (Å²) < 4.78 is 12.7. The number of fused-ring (bicyclic) bond motifs is 1. The van der Waals surface area contributed by atoms with E-state index in [2.05, 4.69) is 10.4 Å². The highest BCUT2D eigenvalue weighted by Gasteiger charge is 2.37. The monoisotopic (exact) mass is 591 g/mol. The van der Waals surface area contributed by atoms with Gasteiger partial charge in [0.05, 0.1) is 25.3 Å². The van der Waals surface area contributed by atoms with E-state index in [9.17, 15) is 19.2 Å². The van der Waals surface area contributed by atoms with E-state index < -0.39 is 23.1 Å². The van der Waals surface area contributed by atoms with Crippen molar-refractivity contribution < 1.29 is 23.9 Å². The van der Waals surface area contributed by atoms with Crippen LogP contribution in [0.1, 0.15) is 57.0 Å². The van der Waals surface area contributed by atoms with Crippen molar-refractivity contribution in [2.75, 3.05) is 19.8 Å². The Bertz CT molecular complexity index is 1470. The molecule has 0 atom stereocenters. The smallest absolute Gasteiger partial charge is 0.408 e. The molecule has 2 heterocycles. The molecule has 0 unspecified atom stereocenters. The van der Waals surface area contributed by atoms with Crippen LogP contribution in [0.5, 0.6) is 0 Å². The fourth-order valence-corrected chi connectivity index (χ4v) is 4.84. The van der Waals surface area contributed by atoms with Gasteiger partial charge in [-0.15, -0.1) is 0 Å². The van der Waals surface area contributed by atoms with Gasteiger partial charge in [-0.05, 0) is 45.7 Å². The van der Waals surface area contributed by atoms with Crippen molar-refractivity contribution >= 4 is 17.9 Å². The lowest BCUT2D eigenvalue weighted by atomic mass is 10.0. The molecule has 0 saturated heterocycles. The minimum atomic E-state index is -1.39. The van der Waals surface area contributed by atoms with Crippen molar-refractivity contribution in [2.24, 2.45) is 0 Å². The molecule has 1 aliphatic rings. The molecular weight excluding hydrogens is 550 g/mol. The van der Waals surface area contributed by atoms with Crippen molar-refractivity contribution in [1.82, 2.24) is 24.9 Å². The Morgan fingerprint density at radius 2 is 1.58 bits per heavy atom. The SMILES string of the molecule is CC(C)(C)OC(=O)NC(C)(C)C(=O)N(COCc1ccccc1)CC(=O)N1CCc2[nH]n(Cc3ccccc3)c(=O)c2C1. The summed E-state index contributed by atoms with van der Waals surface area (Å²) in [6, 6.07) is 19.1. The van der Waals surface area contributed by atoms with Gasteiger partial charge >= 0.3 is 6.09 Å². The molecule has 3 aromatic rings. The first-order valence-electron chi connectivity index (χ1n) is 14.4. The van der Waals surface area contributed by atoms with Crippen LogP contribution in [0.2, 0.25) is 0 Å². The quantitative estimate of drug-likeness (QED) is 0.348. The molecular formula is C32H41N5O6. The molecule has 0 spiro atoms. The third-order valence-electron chi connectivity index (χ3n) is 6.97. The number of aromatic amines is 1. The predicted octanol–water partition coefficient (Wildman–Crippen LogP) is 3.42. The first-order valence-corrected chi connectivity index (χ1v) is 14.4. The van der Waals surface area contributed by atoms with Crippen molar-refractivity contribution in [3.63, 3.8) is 0 Å². The first kappa shape index (κ1) is 31.6. The van der Waals surface area contributed by atoms with Crippen LogP contribution in [0.3, 0.4) is 0 Å². The van der Waals surface area contributed by atoms with Gasteiger partial charge in [0.1, 0.15) is 24.4 Å². The highest BCUT2D eigenvalue weighted by atomic mass is 16.6. The summed E-state index contributed by atoms with van der Waals surface area (Å²) in [6.07, 6.45) is -0.257. The Kier molecular flexibility index (Phi) is 9.75. The minimum absolute atomic E-state index is 0.137. The van der Waals surface area contributed by atoms with E-state index in [1.165, 1.54) is 4.90 Å². The Labute approximate surface area is 251 Å². The maximum atomic E-state index is 13.7. The number of rotatable bonds is 10. The molecule has 0 saturated carbocycles. The van der Waals surface area contributed by atoms with Gasteiger partial charge in [-0.1, -0.05) is 60.7 Å². The number of H-pyrrole nitrogens is 1. The Morgan fingerprint density at radius 1 is 0.953 bits per heavy atom. The van der Waals surface area contributed by atoms with Gasteiger partial charge in [0, 0.05) is 18.7 Å². The fraction of sp³-hybridized carbons (Fsp3) is 0.438. The highest BCUT2D eigenvalue weighted by Crippen LogP contribution is 2.17. The Morgan fingerprint density at radius 3 is 2.21 bits per heavy atom. The molecule has 0 radical (unpaired) electrons. The predicted molar refractivity (Wildman–Crippen MR) is 161 cm³/mol. The average Bonchev–Trinajstić information content (AvgIpc) is 3.25. The van der Waals surface area contributed by atoms with Crippen molar-refractivity contribution in [3.8, 4) is 0 Å². The molecule has 43 heavy (non-hydrogen) atoms. The topological polar surface area (TPSA) is 126 Å². The van der Waals surface area contributed by atoms with Gasteiger partial charge in [-0.2, -0.15) is 0 Å². The molecule has 3 amide bonds. The molecule has 0 bridgehead atoms. The largest absolute Gasteiger partial charge is 0.444 e. The van der Waals surface area contributed by atoms with E-state index in [0.29, 0.717) is 25.1 Å². The zero-order valence-electron chi connectivity index (χ0n) is 25.5. The number of alkyl carbamates (subject to hydrolysis) is 1. The number of benzene rings is 2. The zero-order valence-corrected chi connectivity index (χ0v) is 25.5. The van der Waals surface area contributed by atoms with Crippen molar-refractivity contribution in [2.45, 2.75) is 71.9 Å². The number of ether oxygens (including phenoxy) is 2. The first-order chi connectivity index (χ1) is 20.3. The molecule has 230 valence electrons. The number of amides is 3. The van der Waals surface area contributed by atoms with Crippen LogP contribution >= 0.6 is 0 Å². The van der Waals surface area contributed by atoms with E-state index >= 15 is 0 Å². The lowest BCUT2D eigenvalue weighted by Gasteiger charge is -2.34. The number of hydrogen-bond acceptors (Lipinski definition) is 6. The van der Waals surface area contributed by atoms with Crippen LogP contribution in [-0.2, 0) is 45.2 Å². The lowest BCUT2D eigenvalue weighted by Crippen LogP contribution is -2.58. The van der Waals surface area contributed by atoms with Crippen LogP contribution in [-0.4, -0.2) is 68.4 Å². The Hall–Kier alpha value is -4.38. The van der Waals surface area contributed by atoms with Gasteiger partial charge in [0.25, 0.3) is 5.56 Å². The summed E-state index contributed by atoms with van der Waals surface area (Å²) in [7, 11) is 0. The molecule has 2 aromatic carbocycles. The molecule has 11 heteroatoms. The molecule has 0 fully saturated rings. The van der Waals surface area contributed by atoms with Crippen LogP contribution < -0.4 is 10.9 Å². The highest BCUT2D eigenvalue weighted by molar-refractivity contribution is 5.92. The summed E-state index contributed by atoms with van der Waals surface area (Å²) in [4.78, 5) is 55.8. The molecule has 1 aromatic heterocycles. The van der Waals surface area contributed by atoms with Gasteiger partial charge in [-0.25, -0.2) is 9.48 Å². The second-order valence-corrected chi connectivity index (χ2v) is 12.2. The van der Waals surface area contributed by atoms with E-state index in [4.69, 9.17) is 9.47 Å². The molecule has 11 nitrogen and oxygen atoms in total. The van der Waals surface area contributed by atoms with Crippen LogP contribution in [0.25, 0.3) is 0 Å². The second-order valence-electron chi connectivity index (χ2n) is 12.2. The summed E-state index contributed by atoms with van der Waals surface area (Å²) in [5, 5.41) is 5.81. The van der Waals surface area contributed by atoms with Crippen LogP contribution in [0, 0.1) is 0 Å². The van der Waals surface area contributed by atoms with Gasteiger partial charge < -0.3 is 24.6 Å². The summed E-state index contributed by atoms with van der Waals surface area (Å²) in [6.45, 7) is 9.00. The van der Waals surface area contributed by atoms with Crippen LogP contribution in [0.15, 0.2) is 65.5 Å². The maximum Gasteiger partial charge on any atom is 0.408 e. The summed E-state index contributed by atoms with van der Waals surface area (Å²) in [5.74, 6) is -0.838. The third-order valence-corrected chi connectivity index (χ3v) is 6.97. The number of carbonyl (C=O) groups is 3.